The molecule has 0 amide bonds. The van der Waals surface area contributed by atoms with Crippen molar-refractivity contribution in [2.24, 2.45) is 0 Å². The highest BCUT2D eigenvalue weighted by Gasteiger charge is 2.24. The lowest BCUT2D eigenvalue weighted by Crippen LogP contribution is -2.27. The number of hydrogen-bond acceptors (Lipinski definition) is 1. The van der Waals surface area contributed by atoms with Crippen LogP contribution >= 0.6 is 11.6 Å². The van der Waals surface area contributed by atoms with Gasteiger partial charge in [0.2, 0.25) is 0 Å². The lowest BCUT2D eigenvalue weighted by atomic mass is 9.97. The van der Waals surface area contributed by atoms with Crippen LogP contribution in [0.1, 0.15) is 30.0 Å². The van der Waals surface area contributed by atoms with Crippen LogP contribution in [0.15, 0.2) is 54.6 Å². The van der Waals surface area contributed by atoms with Crippen molar-refractivity contribution in [2.45, 2.75) is 25.3 Å². The molecule has 2 heteroatoms. The molecule has 1 aliphatic heterocycles. The van der Waals surface area contributed by atoms with Gasteiger partial charge in [-0.3, -0.25) is 4.90 Å². The van der Waals surface area contributed by atoms with Crippen LogP contribution in [0.3, 0.4) is 0 Å². The van der Waals surface area contributed by atoms with Gasteiger partial charge in [-0.05, 0) is 49.5 Å². The molecule has 0 saturated carbocycles. The molecule has 1 atom stereocenters. The Bertz CT molecular complexity index is 546. The topological polar surface area (TPSA) is 3.24 Å². The van der Waals surface area contributed by atoms with E-state index in [-0.39, 0.29) is 0 Å². The third-order valence-corrected chi connectivity index (χ3v) is 4.51. The molecule has 0 aliphatic carbocycles. The maximum Gasteiger partial charge on any atom is 0.0438 e. The maximum atomic E-state index is 6.34. The Morgan fingerprint density at radius 1 is 0.900 bits per heavy atom. The van der Waals surface area contributed by atoms with Gasteiger partial charge in [-0.25, -0.2) is 0 Å². The lowest BCUT2D eigenvalue weighted by molar-refractivity contribution is 0.244. The van der Waals surface area contributed by atoms with Gasteiger partial charge in [-0.2, -0.15) is 0 Å². The molecular weight excluding hydrogens is 266 g/mol. The number of likely N-dealkylation sites (tertiary alicyclic amines) is 1. The van der Waals surface area contributed by atoms with E-state index in [1.165, 1.54) is 37.1 Å². The van der Waals surface area contributed by atoms with Gasteiger partial charge in [0.05, 0.1) is 0 Å². The van der Waals surface area contributed by atoms with Gasteiger partial charge in [-0.1, -0.05) is 60.1 Å². The number of nitrogens with zero attached hydrogens (tertiary/aromatic N) is 1. The summed E-state index contributed by atoms with van der Waals surface area (Å²) in [5.74, 6) is 0. The van der Waals surface area contributed by atoms with E-state index in [2.05, 4.69) is 47.4 Å². The third kappa shape index (κ3) is 3.05. The van der Waals surface area contributed by atoms with Crippen molar-refractivity contribution in [3.05, 3.63) is 70.7 Å². The fraction of sp³-hybridized carbons (Fsp3) is 0.333. The molecule has 1 saturated heterocycles. The predicted octanol–water partition coefficient (Wildman–Crippen LogP) is 4.72. The molecular formula is C18H20ClN. The van der Waals surface area contributed by atoms with Crippen molar-refractivity contribution in [1.29, 1.82) is 0 Å². The average molecular weight is 286 g/mol. The number of halogens is 1. The van der Waals surface area contributed by atoms with E-state index in [1.54, 1.807) is 0 Å². The number of rotatable bonds is 4. The van der Waals surface area contributed by atoms with Crippen LogP contribution in [0.2, 0.25) is 5.02 Å². The first-order valence-electron chi connectivity index (χ1n) is 7.37. The van der Waals surface area contributed by atoms with Crippen LogP contribution in [-0.4, -0.2) is 18.0 Å². The van der Waals surface area contributed by atoms with Crippen molar-refractivity contribution in [3.63, 3.8) is 0 Å². The molecule has 3 rings (SSSR count). The first-order chi connectivity index (χ1) is 9.84. The lowest BCUT2D eigenvalue weighted by Gasteiger charge is -2.28. The van der Waals surface area contributed by atoms with Gasteiger partial charge in [0.15, 0.2) is 0 Å². The summed E-state index contributed by atoms with van der Waals surface area (Å²) in [5.41, 5.74) is 2.64. The molecule has 0 radical (unpaired) electrons. The van der Waals surface area contributed by atoms with Crippen molar-refractivity contribution >= 4 is 11.6 Å². The molecule has 2 aromatic rings. The van der Waals surface area contributed by atoms with E-state index in [9.17, 15) is 0 Å². The van der Waals surface area contributed by atoms with E-state index in [4.69, 9.17) is 11.6 Å². The normalized spacial score (nSPS) is 17.2. The van der Waals surface area contributed by atoms with E-state index >= 15 is 0 Å². The molecule has 0 bridgehead atoms. The summed E-state index contributed by atoms with van der Waals surface area (Å²) in [5, 5.41) is 0.882. The molecule has 0 spiro atoms. The minimum Gasteiger partial charge on any atom is -0.296 e. The van der Waals surface area contributed by atoms with Gasteiger partial charge in [-0.15, -0.1) is 0 Å². The van der Waals surface area contributed by atoms with Crippen LogP contribution in [0, 0.1) is 0 Å². The smallest absolute Gasteiger partial charge is 0.0438 e. The summed E-state index contributed by atoms with van der Waals surface area (Å²) < 4.78 is 0. The molecule has 2 aromatic carbocycles. The monoisotopic (exact) mass is 285 g/mol. The van der Waals surface area contributed by atoms with Crippen molar-refractivity contribution in [1.82, 2.24) is 4.90 Å². The highest BCUT2D eigenvalue weighted by molar-refractivity contribution is 6.31. The van der Waals surface area contributed by atoms with Crippen molar-refractivity contribution < 1.29 is 0 Å². The SMILES string of the molecule is Clc1ccccc1CC(c1ccccc1)N1CCCC1. The van der Waals surface area contributed by atoms with E-state index < -0.39 is 0 Å². The third-order valence-electron chi connectivity index (χ3n) is 4.14. The van der Waals surface area contributed by atoms with E-state index in [1.807, 2.05) is 12.1 Å². The molecule has 1 heterocycles. The molecule has 1 fully saturated rings. The first kappa shape index (κ1) is 13.7. The van der Waals surface area contributed by atoms with E-state index in [0.717, 1.165) is 11.4 Å². The summed E-state index contributed by atoms with van der Waals surface area (Å²) in [6.07, 6.45) is 3.61. The van der Waals surface area contributed by atoms with Crippen LogP contribution in [0.5, 0.6) is 0 Å². The second kappa shape index (κ2) is 6.43. The Balaban J connectivity index is 1.88. The van der Waals surface area contributed by atoms with Gasteiger partial charge < -0.3 is 0 Å². The number of benzene rings is 2. The second-order valence-corrected chi connectivity index (χ2v) is 5.87. The molecule has 0 N–H and O–H groups in total. The summed E-state index contributed by atoms with van der Waals surface area (Å²) in [7, 11) is 0. The predicted molar refractivity (Wildman–Crippen MR) is 85.1 cm³/mol. The highest BCUT2D eigenvalue weighted by Crippen LogP contribution is 2.30. The zero-order valence-electron chi connectivity index (χ0n) is 11.6. The van der Waals surface area contributed by atoms with Gasteiger partial charge in [0, 0.05) is 11.1 Å². The van der Waals surface area contributed by atoms with Crippen LogP contribution in [0.4, 0.5) is 0 Å². The average Bonchev–Trinajstić information content (AvgIpc) is 3.01. The van der Waals surface area contributed by atoms with Crippen LogP contribution < -0.4 is 0 Å². The Morgan fingerprint density at radius 3 is 2.25 bits per heavy atom. The Hall–Kier alpha value is -1.31. The Kier molecular flexibility index (Phi) is 4.39. The van der Waals surface area contributed by atoms with Crippen molar-refractivity contribution in [2.75, 3.05) is 13.1 Å². The maximum absolute atomic E-state index is 6.34. The molecule has 0 aromatic heterocycles. The van der Waals surface area contributed by atoms with Crippen molar-refractivity contribution in [3.8, 4) is 0 Å². The largest absolute Gasteiger partial charge is 0.296 e. The number of hydrogen-bond donors (Lipinski definition) is 0. The Labute approximate surface area is 126 Å². The van der Waals surface area contributed by atoms with Gasteiger partial charge in [0.25, 0.3) is 0 Å². The summed E-state index contributed by atoms with van der Waals surface area (Å²) in [6, 6.07) is 19.5. The Morgan fingerprint density at radius 2 is 1.55 bits per heavy atom. The quantitative estimate of drug-likeness (QED) is 0.786. The summed E-state index contributed by atoms with van der Waals surface area (Å²) in [6.45, 7) is 2.40. The van der Waals surface area contributed by atoms with Gasteiger partial charge >= 0.3 is 0 Å². The fourth-order valence-electron chi connectivity index (χ4n) is 3.06. The highest BCUT2D eigenvalue weighted by atomic mass is 35.5. The van der Waals surface area contributed by atoms with Crippen LogP contribution in [-0.2, 0) is 6.42 Å². The standard InChI is InChI=1S/C18H20ClN/c19-17-11-5-4-10-16(17)14-18(20-12-6-7-13-20)15-8-2-1-3-9-15/h1-5,8-11,18H,6-7,12-14H2. The molecule has 1 nitrogen and oxygen atoms in total. The minimum atomic E-state index is 0.443. The molecule has 104 valence electrons. The summed E-state index contributed by atoms with van der Waals surface area (Å²) >= 11 is 6.34. The molecule has 1 aliphatic rings. The minimum absolute atomic E-state index is 0.443. The molecule has 1 unspecified atom stereocenters. The first-order valence-corrected chi connectivity index (χ1v) is 7.75. The fourth-order valence-corrected chi connectivity index (χ4v) is 3.27. The zero-order valence-corrected chi connectivity index (χ0v) is 12.4. The zero-order chi connectivity index (χ0) is 13.8. The summed E-state index contributed by atoms with van der Waals surface area (Å²) in [4.78, 5) is 2.60. The molecule has 20 heavy (non-hydrogen) atoms. The van der Waals surface area contributed by atoms with Crippen LogP contribution in [0.25, 0.3) is 0 Å². The second-order valence-electron chi connectivity index (χ2n) is 5.47. The van der Waals surface area contributed by atoms with Gasteiger partial charge in [0.1, 0.15) is 0 Å². The van der Waals surface area contributed by atoms with E-state index in [0.29, 0.717) is 6.04 Å².